The minimum atomic E-state index is -1.57. The summed E-state index contributed by atoms with van der Waals surface area (Å²) in [4.78, 5) is 11.5. The van der Waals surface area contributed by atoms with E-state index < -0.39 is 79.7 Å². The molecule has 138 valence electrons. The summed E-state index contributed by atoms with van der Waals surface area (Å²) >= 11 is 0. The largest absolute Gasteiger partial charge is 0.481 e. The highest BCUT2D eigenvalue weighted by Gasteiger charge is 2.64. The Hall–Kier alpha value is -0.890. The van der Waals surface area contributed by atoms with Gasteiger partial charge in [0.05, 0.1) is 12.6 Å². The van der Waals surface area contributed by atoms with Crippen LogP contribution in [0.4, 0.5) is 0 Å². The Labute approximate surface area is 136 Å². The molecule has 7 unspecified atom stereocenters. The number of nitrogens with two attached hydrogens (primary N) is 1. The fourth-order valence-corrected chi connectivity index (χ4v) is 3.31. The van der Waals surface area contributed by atoms with Gasteiger partial charge in [-0.15, -0.1) is 0 Å². The first-order chi connectivity index (χ1) is 11.3. The van der Waals surface area contributed by atoms with Crippen LogP contribution in [-0.4, -0.2) is 104 Å². The minimum absolute atomic E-state index is 0.628. The molecule has 0 bridgehead atoms. The molecule has 1 saturated carbocycles. The van der Waals surface area contributed by atoms with Gasteiger partial charge in [-0.25, -0.2) is 0 Å². The molecular weight excluding hydrogens is 330 g/mol. The van der Waals surface area contributed by atoms with Crippen LogP contribution >= 0.6 is 0 Å². The summed E-state index contributed by atoms with van der Waals surface area (Å²) in [6.07, 6.45) is -11.4. The number of carboxylic acids is 1. The molecule has 2 heterocycles. The third-order valence-corrected chi connectivity index (χ3v) is 4.80. The number of aliphatic hydroxyl groups is 5. The molecular formula is C13H21NO10. The van der Waals surface area contributed by atoms with Gasteiger partial charge in [-0.05, 0) is 0 Å². The van der Waals surface area contributed by atoms with E-state index in [1.54, 1.807) is 0 Å². The predicted octanol–water partition coefficient (Wildman–Crippen LogP) is -4.66. The summed E-state index contributed by atoms with van der Waals surface area (Å²) in [5, 5.41) is 58.2. The van der Waals surface area contributed by atoms with Crippen LogP contribution in [0.25, 0.3) is 0 Å². The van der Waals surface area contributed by atoms with Crippen LogP contribution in [0, 0.1) is 5.92 Å². The quantitative estimate of drug-likeness (QED) is 0.240. The van der Waals surface area contributed by atoms with Gasteiger partial charge in [-0.1, -0.05) is 0 Å². The molecule has 8 N–H and O–H groups in total. The standard InChI is InChI=1S/C13H21NO10/c14-4-6(17)5(16)2(1-15)22-13(4)24-9-3(12(20)21)10-11(23-10)8(19)7(9)18/h2-11,13,15-19H,1,14H2,(H,20,21)/t2?,3?,4?,5-,6?,7?,8?,9-,10?,11+,13-/m1/s1. The molecule has 11 nitrogen and oxygen atoms in total. The predicted molar refractivity (Wildman–Crippen MR) is 72.4 cm³/mol. The highest BCUT2D eigenvalue weighted by atomic mass is 16.7. The lowest BCUT2D eigenvalue weighted by Crippen LogP contribution is -2.65. The summed E-state index contributed by atoms with van der Waals surface area (Å²) in [6.45, 7) is -0.628. The van der Waals surface area contributed by atoms with Gasteiger partial charge in [0.15, 0.2) is 6.29 Å². The molecule has 1 aliphatic carbocycles. The molecule has 11 atom stereocenters. The number of carbonyl (C=O) groups is 1. The van der Waals surface area contributed by atoms with Crippen LogP contribution in [0.3, 0.4) is 0 Å². The Bertz CT molecular complexity index is 489. The van der Waals surface area contributed by atoms with Gasteiger partial charge in [-0.2, -0.15) is 0 Å². The molecule has 3 aliphatic rings. The monoisotopic (exact) mass is 351 g/mol. The van der Waals surface area contributed by atoms with E-state index in [1.807, 2.05) is 0 Å². The van der Waals surface area contributed by atoms with Gasteiger partial charge in [0.25, 0.3) is 0 Å². The van der Waals surface area contributed by atoms with Gasteiger partial charge in [0, 0.05) is 0 Å². The third-order valence-electron chi connectivity index (χ3n) is 4.80. The van der Waals surface area contributed by atoms with E-state index in [0.29, 0.717) is 0 Å². The summed E-state index contributed by atoms with van der Waals surface area (Å²) in [7, 11) is 0. The number of ether oxygens (including phenoxy) is 3. The molecule has 0 aromatic rings. The van der Waals surface area contributed by atoms with Crippen molar-refractivity contribution < 1.29 is 49.6 Å². The van der Waals surface area contributed by atoms with Crippen molar-refractivity contribution in [1.82, 2.24) is 0 Å². The van der Waals surface area contributed by atoms with Gasteiger partial charge in [0.1, 0.15) is 54.7 Å². The number of fused-ring (bicyclic) bond motifs is 1. The van der Waals surface area contributed by atoms with E-state index in [9.17, 15) is 35.4 Å². The maximum Gasteiger partial charge on any atom is 0.312 e. The van der Waals surface area contributed by atoms with Crippen LogP contribution in [0.2, 0.25) is 0 Å². The van der Waals surface area contributed by atoms with Crippen molar-refractivity contribution in [2.75, 3.05) is 6.61 Å². The Morgan fingerprint density at radius 1 is 1.00 bits per heavy atom. The first-order valence-electron chi connectivity index (χ1n) is 7.55. The fraction of sp³-hybridized carbons (Fsp3) is 0.923. The van der Waals surface area contributed by atoms with Crippen LogP contribution < -0.4 is 5.73 Å². The van der Waals surface area contributed by atoms with E-state index in [4.69, 9.17) is 19.9 Å². The fourth-order valence-electron chi connectivity index (χ4n) is 3.31. The van der Waals surface area contributed by atoms with Crippen molar-refractivity contribution >= 4 is 5.97 Å². The maximum absolute atomic E-state index is 11.5. The maximum atomic E-state index is 11.5. The average molecular weight is 351 g/mol. The molecule has 0 aromatic carbocycles. The smallest absolute Gasteiger partial charge is 0.312 e. The van der Waals surface area contributed by atoms with E-state index in [-0.39, 0.29) is 0 Å². The zero-order chi connectivity index (χ0) is 17.8. The zero-order valence-corrected chi connectivity index (χ0v) is 12.5. The molecule has 0 amide bonds. The Kier molecular flexibility index (Phi) is 4.81. The molecule has 3 rings (SSSR count). The normalized spacial score (nSPS) is 54.2. The SMILES string of the molecule is NC1C(O)[C@H](O)C(CO)O[C@@H]1O[C@H]1C(O)C(O)[C@@H]2OC2C1C(=O)O. The highest BCUT2D eigenvalue weighted by Crippen LogP contribution is 2.43. The van der Waals surface area contributed by atoms with E-state index in [0.717, 1.165) is 0 Å². The third kappa shape index (κ3) is 2.81. The molecule has 0 radical (unpaired) electrons. The number of carboxylic acid groups (broad SMARTS) is 1. The van der Waals surface area contributed by atoms with E-state index in [2.05, 4.69) is 0 Å². The second-order valence-electron chi connectivity index (χ2n) is 6.30. The van der Waals surface area contributed by atoms with Gasteiger partial charge in [-0.3, -0.25) is 4.79 Å². The van der Waals surface area contributed by atoms with Crippen LogP contribution in [0.5, 0.6) is 0 Å². The molecule has 3 fully saturated rings. The first kappa shape index (κ1) is 17.9. The molecule has 2 aliphatic heterocycles. The Morgan fingerprint density at radius 3 is 2.25 bits per heavy atom. The van der Waals surface area contributed by atoms with Gasteiger partial charge >= 0.3 is 5.97 Å². The molecule has 11 heteroatoms. The van der Waals surface area contributed by atoms with Gasteiger partial charge in [0.2, 0.25) is 0 Å². The summed E-state index contributed by atoms with van der Waals surface area (Å²) < 4.78 is 15.8. The minimum Gasteiger partial charge on any atom is -0.481 e. The van der Waals surface area contributed by atoms with E-state index in [1.165, 1.54) is 0 Å². The van der Waals surface area contributed by atoms with Crippen molar-refractivity contribution in [3.05, 3.63) is 0 Å². The number of hydrogen-bond acceptors (Lipinski definition) is 10. The molecule has 0 spiro atoms. The van der Waals surface area contributed by atoms with Crippen molar-refractivity contribution in [1.29, 1.82) is 0 Å². The summed E-state index contributed by atoms with van der Waals surface area (Å²) in [5.74, 6) is -2.55. The summed E-state index contributed by atoms with van der Waals surface area (Å²) in [5.41, 5.74) is 5.73. The lowest BCUT2D eigenvalue weighted by Gasteiger charge is -2.43. The van der Waals surface area contributed by atoms with Crippen LogP contribution in [0.15, 0.2) is 0 Å². The topological polar surface area (TPSA) is 195 Å². The number of rotatable bonds is 4. The Morgan fingerprint density at radius 2 is 1.67 bits per heavy atom. The molecule has 0 aromatic heterocycles. The van der Waals surface area contributed by atoms with Crippen molar-refractivity contribution in [3.63, 3.8) is 0 Å². The van der Waals surface area contributed by atoms with Crippen molar-refractivity contribution in [2.24, 2.45) is 11.7 Å². The second-order valence-corrected chi connectivity index (χ2v) is 6.30. The van der Waals surface area contributed by atoms with E-state index >= 15 is 0 Å². The van der Waals surface area contributed by atoms with Gasteiger partial charge < -0.3 is 50.6 Å². The molecule has 2 saturated heterocycles. The van der Waals surface area contributed by atoms with Crippen molar-refractivity contribution in [3.8, 4) is 0 Å². The lowest BCUT2D eigenvalue weighted by molar-refractivity contribution is -0.295. The van der Waals surface area contributed by atoms with Crippen molar-refractivity contribution in [2.45, 2.75) is 61.2 Å². The Balaban J connectivity index is 1.78. The van der Waals surface area contributed by atoms with Crippen LogP contribution in [-0.2, 0) is 19.0 Å². The number of hydrogen-bond donors (Lipinski definition) is 7. The number of epoxide rings is 1. The van der Waals surface area contributed by atoms with Crippen LogP contribution in [0.1, 0.15) is 0 Å². The summed E-state index contributed by atoms with van der Waals surface area (Å²) in [6, 6.07) is -1.25. The highest BCUT2D eigenvalue weighted by molar-refractivity contribution is 5.72. The lowest BCUT2D eigenvalue weighted by atomic mass is 9.82. The zero-order valence-electron chi connectivity index (χ0n) is 12.5. The average Bonchev–Trinajstić information content (AvgIpc) is 3.32. The number of aliphatic hydroxyl groups excluding tert-OH is 5. The molecule has 24 heavy (non-hydrogen) atoms. The first-order valence-corrected chi connectivity index (χ1v) is 7.55. The second kappa shape index (κ2) is 6.44. The number of aliphatic carboxylic acids is 1.